The van der Waals surface area contributed by atoms with Gasteiger partial charge >= 0.3 is 5.97 Å². The van der Waals surface area contributed by atoms with Crippen LogP contribution in [0.4, 0.5) is 0 Å². The van der Waals surface area contributed by atoms with Crippen LogP contribution in [0.1, 0.15) is 36.8 Å². The van der Waals surface area contributed by atoms with E-state index < -0.39 is 0 Å². The van der Waals surface area contributed by atoms with Crippen molar-refractivity contribution in [1.82, 2.24) is 4.57 Å². The van der Waals surface area contributed by atoms with Crippen LogP contribution in [0.3, 0.4) is 0 Å². The van der Waals surface area contributed by atoms with Gasteiger partial charge in [-0.3, -0.25) is 0 Å². The molecule has 0 saturated heterocycles. The fourth-order valence-electron chi connectivity index (χ4n) is 1.46. The number of esters is 1. The summed E-state index contributed by atoms with van der Waals surface area (Å²) in [5.74, 6) is -0.288. The molecule has 0 aromatic carbocycles. The molecule has 1 heterocycles. The average molecular weight is 224 g/mol. The van der Waals surface area contributed by atoms with Gasteiger partial charge in [0, 0.05) is 25.2 Å². The van der Waals surface area contributed by atoms with Crippen LogP contribution in [0.2, 0.25) is 0 Å². The van der Waals surface area contributed by atoms with Crippen molar-refractivity contribution < 1.29 is 9.53 Å². The number of hydrogen-bond donors (Lipinski definition) is 1. The first-order valence-electron chi connectivity index (χ1n) is 5.46. The van der Waals surface area contributed by atoms with E-state index in [4.69, 9.17) is 10.5 Å². The van der Waals surface area contributed by atoms with Gasteiger partial charge in [-0.25, -0.2) is 4.79 Å². The second-order valence-corrected chi connectivity index (χ2v) is 4.53. The van der Waals surface area contributed by atoms with Gasteiger partial charge in [-0.15, -0.1) is 0 Å². The fraction of sp³-hybridized carbons (Fsp3) is 0.583. The first-order valence-corrected chi connectivity index (χ1v) is 5.46. The summed E-state index contributed by atoms with van der Waals surface area (Å²) in [5, 5.41) is 0. The second-order valence-electron chi connectivity index (χ2n) is 4.53. The van der Waals surface area contributed by atoms with Crippen LogP contribution in [-0.2, 0) is 17.2 Å². The first kappa shape index (κ1) is 12.8. The quantitative estimate of drug-likeness (QED) is 0.787. The third kappa shape index (κ3) is 2.44. The molecule has 1 aromatic heterocycles. The van der Waals surface area contributed by atoms with Crippen LogP contribution in [0.5, 0.6) is 0 Å². The van der Waals surface area contributed by atoms with E-state index in [1.165, 1.54) is 0 Å². The lowest BCUT2D eigenvalue weighted by molar-refractivity contribution is 0.0515. The first-order chi connectivity index (χ1) is 7.42. The SMILES string of the molecule is CCOC(=O)c1cc(C(C)(C)CN)cn1C. The second kappa shape index (κ2) is 4.70. The summed E-state index contributed by atoms with van der Waals surface area (Å²) in [6.45, 7) is 6.83. The zero-order valence-electron chi connectivity index (χ0n) is 10.4. The molecule has 16 heavy (non-hydrogen) atoms. The minimum atomic E-state index is -0.288. The Morgan fingerprint density at radius 1 is 1.56 bits per heavy atom. The van der Waals surface area contributed by atoms with Crippen LogP contribution in [-0.4, -0.2) is 23.7 Å². The number of hydrogen-bond acceptors (Lipinski definition) is 3. The molecule has 0 fully saturated rings. The molecule has 0 amide bonds. The Labute approximate surface area is 96.4 Å². The lowest BCUT2D eigenvalue weighted by Gasteiger charge is -2.20. The number of carbonyl (C=O) groups is 1. The highest BCUT2D eigenvalue weighted by molar-refractivity contribution is 5.88. The molecular weight excluding hydrogens is 204 g/mol. The Morgan fingerprint density at radius 2 is 2.19 bits per heavy atom. The van der Waals surface area contributed by atoms with E-state index in [0.717, 1.165) is 5.56 Å². The van der Waals surface area contributed by atoms with Gasteiger partial charge in [0.1, 0.15) is 5.69 Å². The largest absolute Gasteiger partial charge is 0.461 e. The normalized spacial score (nSPS) is 11.6. The molecule has 2 N–H and O–H groups in total. The molecule has 0 unspecified atom stereocenters. The fourth-order valence-corrected chi connectivity index (χ4v) is 1.46. The van der Waals surface area contributed by atoms with Crippen molar-refractivity contribution in [2.75, 3.05) is 13.2 Å². The zero-order valence-corrected chi connectivity index (χ0v) is 10.4. The molecule has 0 aliphatic rings. The number of nitrogens with two attached hydrogens (primary N) is 1. The third-order valence-corrected chi connectivity index (χ3v) is 2.78. The Morgan fingerprint density at radius 3 is 2.69 bits per heavy atom. The highest BCUT2D eigenvalue weighted by Gasteiger charge is 2.23. The maximum absolute atomic E-state index is 11.6. The number of aromatic nitrogens is 1. The standard InChI is InChI=1S/C12H20N2O2/c1-5-16-11(15)10-6-9(7-14(10)4)12(2,3)8-13/h6-7H,5,8,13H2,1-4H3. The Hall–Kier alpha value is -1.29. The van der Waals surface area contributed by atoms with Gasteiger partial charge in [0.25, 0.3) is 0 Å². The molecule has 4 heteroatoms. The Kier molecular flexibility index (Phi) is 3.75. The highest BCUT2D eigenvalue weighted by atomic mass is 16.5. The lowest BCUT2D eigenvalue weighted by atomic mass is 9.87. The van der Waals surface area contributed by atoms with E-state index in [0.29, 0.717) is 18.8 Å². The monoisotopic (exact) mass is 224 g/mol. The van der Waals surface area contributed by atoms with Crippen molar-refractivity contribution in [1.29, 1.82) is 0 Å². The van der Waals surface area contributed by atoms with Crippen LogP contribution in [0.15, 0.2) is 12.3 Å². The lowest BCUT2D eigenvalue weighted by Crippen LogP contribution is -2.27. The predicted molar refractivity (Wildman–Crippen MR) is 63.4 cm³/mol. The molecule has 0 radical (unpaired) electrons. The van der Waals surface area contributed by atoms with Crippen molar-refractivity contribution in [2.45, 2.75) is 26.2 Å². The number of rotatable bonds is 4. The molecule has 0 spiro atoms. The third-order valence-electron chi connectivity index (χ3n) is 2.78. The van der Waals surface area contributed by atoms with Gasteiger partial charge in [-0.2, -0.15) is 0 Å². The molecule has 0 saturated carbocycles. The van der Waals surface area contributed by atoms with Crippen LogP contribution < -0.4 is 5.73 Å². The Balaban J connectivity index is 3.03. The maximum atomic E-state index is 11.6. The smallest absolute Gasteiger partial charge is 0.354 e. The van der Waals surface area contributed by atoms with Crippen molar-refractivity contribution >= 4 is 5.97 Å². The minimum absolute atomic E-state index is 0.123. The van der Waals surface area contributed by atoms with Gasteiger partial charge in [0.2, 0.25) is 0 Å². The minimum Gasteiger partial charge on any atom is -0.461 e. The summed E-state index contributed by atoms with van der Waals surface area (Å²) in [6, 6.07) is 1.85. The van der Waals surface area contributed by atoms with Crippen LogP contribution >= 0.6 is 0 Å². The molecule has 1 aromatic rings. The van der Waals surface area contributed by atoms with E-state index >= 15 is 0 Å². The number of ether oxygens (including phenoxy) is 1. The van der Waals surface area contributed by atoms with Gasteiger partial charge in [-0.1, -0.05) is 13.8 Å². The summed E-state index contributed by atoms with van der Waals surface area (Å²) in [7, 11) is 1.84. The van der Waals surface area contributed by atoms with Crippen molar-refractivity contribution in [3.8, 4) is 0 Å². The Bertz CT molecular complexity index is 380. The van der Waals surface area contributed by atoms with Crippen molar-refractivity contribution in [3.63, 3.8) is 0 Å². The number of aryl methyl sites for hydroxylation is 1. The number of carbonyl (C=O) groups excluding carboxylic acids is 1. The van der Waals surface area contributed by atoms with E-state index in [2.05, 4.69) is 13.8 Å². The average Bonchev–Trinajstić information content (AvgIpc) is 2.61. The van der Waals surface area contributed by atoms with Crippen molar-refractivity contribution in [2.24, 2.45) is 12.8 Å². The van der Waals surface area contributed by atoms with Gasteiger partial charge in [0.05, 0.1) is 6.61 Å². The summed E-state index contributed by atoms with van der Waals surface area (Å²) in [4.78, 5) is 11.6. The molecule has 1 rings (SSSR count). The maximum Gasteiger partial charge on any atom is 0.354 e. The van der Waals surface area contributed by atoms with E-state index in [1.54, 1.807) is 11.5 Å². The molecule has 90 valence electrons. The topological polar surface area (TPSA) is 57.2 Å². The molecular formula is C12H20N2O2. The van der Waals surface area contributed by atoms with E-state index in [-0.39, 0.29) is 11.4 Å². The highest BCUT2D eigenvalue weighted by Crippen LogP contribution is 2.23. The molecule has 0 atom stereocenters. The molecule has 0 aliphatic heterocycles. The van der Waals surface area contributed by atoms with E-state index in [1.807, 2.05) is 19.3 Å². The molecule has 0 bridgehead atoms. The number of nitrogens with zero attached hydrogens (tertiary/aromatic N) is 1. The predicted octanol–water partition coefficient (Wildman–Crippen LogP) is 1.44. The zero-order chi connectivity index (χ0) is 12.3. The summed E-state index contributed by atoms with van der Waals surface area (Å²) < 4.78 is 6.76. The molecule has 0 aliphatic carbocycles. The van der Waals surface area contributed by atoms with E-state index in [9.17, 15) is 4.79 Å². The van der Waals surface area contributed by atoms with Gasteiger partial charge in [0.15, 0.2) is 0 Å². The molecule has 4 nitrogen and oxygen atoms in total. The van der Waals surface area contributed by atoms with Gasteiger partial charge in [-0.05, 0) is 18.6 Å². The van der Waals surface area contributed by atoms with Gasteiger partial charge < -0.3 is 15.0 Å². The van der Waals surface area contributed by atoms with Crippen molar-refractivity contribution in [3.05, 3.63) is 23.5 Å². The summed E-state index contributed by atoms with van der Waals surface area (Å²) in [6.07, 6.45) is 1.93. The summed E-state index contributed by atoms with van der Waals surface area (Å²) >= 11 is 0. The summed E-state index contributed by atoms with van der Waals surface area (Å²) in [5.41, 5.74) is 7.21. The van der Waals surface area contributed by atoms with Crippen LogP contribution in [0, 0.1) is 0 Å². The van der Waals surface area contributed by atoms with Crippen LogP contribution in [0.25, 0.3) is 0 Å².